The zero-order chi connectivity index (χ0) is 22.8. The number of hydrogen-bond acceptors (Lipinski definition) is 5. The smallest absolute Gasteiger partial charge is 0.338 e. The number of fused-ring (bicyclic) bond motifs is 1. The number of carbonyl (C=O) groups is 4. The van der Waals surface area contributed by atoms with Crippen LogP contribution in [0.4, 0.5) is 11.4 Å². The molecule has 2 atom stereocenters. The summed E-state index contributed by atoms with van der Waals surface area (Å²) in [6.07, 6.45) is 5.00. The molecule has 1 saturated heterocycles. The number of imide groups is 1. The number of nitrogens with zero attached hydrogens (tertiary/aromatic N) is 1. The lowest BCUT2D eigenvalue weighted by molar-refractivity contribution is -0.122. The second kappa shape index (κ2) is 9.08. The van der Waals surface area contributed by atoms with Gasteiger partial charge in [-0.1, -0.05) is 28.1 Å². The summed E-state index contributed by atoms with van der Waals surface area (Å²) in [4.78, 5) is 51.0. The highest BCUT2D eigenvalue weighted by molar-refractivity contribution is 9.10. The summed E-state index contributed by atoms with van der Waals surface area (Å²) in [5, 5.41) is 2.70. The average molecular weight is 497 g/mol. The first-order valence-electron chi connectivity index (χ1n) is 10.2. The van der Waals surface area contributed by atoms with Crippen LogP contribution in [0.15, 0.2) is 59.1 Å². The Kier molecular flexibility index (Phi) is 6.23. The summed E-state index contributed by atoms with van der Waals surface area (Å²) >= 11 is 3.36. The summed E-state index contributed by atoms with van der Waals surface area (Å²) in [5.41, 5.74) is 2.15. The topological polar surface area (TPSA) is 92.8 Å². The minimum absolute atomic E-state index is 0.209. The number of rotatable bonds is 5. The number of ether oxygens (including phenoxy) is 1. The molecule has 7 nitrogen and oxygen atoms in total. The van der Waals surface area contributed by atoms with Crippen molar-refractivity contribution in [2.45, 2.75) is 19.8 Å². The molecule has 2 aromatic carbocycles. The van der Waals surface area contributed by atoms with E-state index in [4.69, 9.17) is 4.74 Å². The van der Waals surface area contributed by atoms with Gasteiger partial charge in [0.1, 0.15) is 0 Å². The highest BCUT2D eigenvalue weighted by Crippen LogP contribution is 2.37. The first kappa shape index (κ1) is 22.0. The number of amides is 3. The highest BCUT2D eigenvalue weighted by Gasteiger charge is 2.47. The fraction of sp³-hybridized carbons (Fsp3) is 0.250. The quantitative estimate of drug-likeness (QED) is 0.383. The van der Waals surface area contributed by atoms with Gasteiger partial charge in [-0.05, 0) is 67.8 Å². The van der Waals surface area contributed by atoms with Crippen LogP contribution in [0, 0.1) is 18.8 Å². The molecular weight excluding hydrogens is 476 g/mol. The molecule has 0 spiro atoms. The van der Waals surface area contributed by atoms with E-state index in [0.29, 0.717) is 24.2 Å². The van der Waals surface area contributed by atoms with Crippen LogP contribution in [-0.4, -0.2) is 30.3 Å². The standard InChI is InChI=1S/C24H21BrN2O5/c1-14-12-16(25)8-11-20(14)26-21(28)13-32-24(31)15-6-9-17(10-7-15)27-22(29)18-4-2-3-5-19(18)23(27)30/h2-3,6-12,18-19H,4-5,13H2,1H3,(H,26,28)/t18-,19+. The van der Waals surface area contributed by atoms with Crippen molar-refractivity contribution in [3.8, 4) is 0 Å². The molecule has 8 heteroatoms. The van der Waals surface area contributed by atoms with Crippen LogP contribution < -0.4 is 10.2 Å². The molecule has 1 heterocycles. The Hall–Kier alpha value is -3.26. The Morgan fingerprint density at radius 3 is 2.25 bits per heavy atom. The minimum Gasteiger partial charge on any atom is -0.452 e. The maximum atomic E-state index is 12.7. The van der Waals surface area contributed by atoms with E-state index >= 15 is 0 Å². The van der Waals surface area contributed by atoms with Gasteiger partial charge in [-0.15, -0.1) is 0 Å². The molecule has 0 aromatic heterocycles. The molecular formula is C24H21BrN2O5. The van der Waals surface area contributed by atoms with Gasteiger partial charge in [0.15, 0.2) is 6.61 Å². The molecule has 3 amide bonds. The molecule has 2 aliphatic rings. The van der Waals surface area contributed by atoms with E-state index in [-0.39, 0.29) is 29.2 Å². The highest BCUT2D eigenvalue weighted by atomic mass is 79.9. The van der Waals surface area contributed by atoms with Crippen LogP contribution in [0.3, 0.4) is 0 Å². The number of halogens is 1. The second-order valence-corrected chi connectivity index (χ2v) is 8.71. The monoisotopic (exact) mass is 496 g/mol. The maximum absolute atomic E-state index is 12.7. The number of benzene rings is 2. The third kappa shape index (κ3) is 4.36. The maximum Gasteiger partial charge on any atom is 0.338 e. The minimum atomic E-state index is -0.670. The summed E-state index contributed by atoms with van der Waals surface area (Å²) in [7, 11) is 0. The van der Waals surface area contributed by atoms with E-state index in [1.807, 2.05) is 25.1 Å². The number of nitrogens with one attached hydrogen (secondary N) is 1. The molecule has 1 N–H and O–H groups in total. The summed E-state index contributed by atoms with van der Waals surface area (Å²) in [6, 6.07) is 11.5. The SMILES string of the molecule is Cc1cc(Br)ccc1NC(=O)COC(=O)c1ccc(N2C(=O)[C@H]3CC=CC[C@H]3C2=O)cc1. The van der Waals surface area contributed by atoms with Crippen molar-refractivity contribution in [2.24, 2.45) is 11.8 Å². The first-order valence-corrected chi connectivity index (χ1v) is 11.0. The van der Waals surface area contributed by atoms with Gasteiger partial charge in [0, 0.05) is 10.2 Å². The number of carbonyl (C=O) groups excluding carboxylic acids is 4. The van der Waals surface area contributed by atoms with E-state index in [2.05, 4.69) is 21.2 Å². The van der Waals surface area contributed by atoms with E-state index in [1.54, 1.807) is 24.3 Å². The van der Waals surface area contributed by atoms with Gasteiger partial charge < -0.3 is 10.1 Å². The van der Waals surface area contributed by atoms with Crippen molar-refractivity contribution in [3.63, 3.8) is 0 Å². The van der Waals surface area contributed by atoms with Gasteiger partial charge in [-0.2, -0.15) is 0 Å². The van der Waals surface area contributed by atoms with Gasteiger partial charge in [0.2, 0.25) is 11.8 Å². The lowest BCUT2D eigenvalue weighted by Crippen LogP contribution is -2.30. The van der Waals surface area contributed by atoms with Gasteiger partial charge in [-0.25, -0.2) is 4.79 Å². The number of aryl methyl sites for hydroxylation is 1. The summed E-state index contributed by atoms with van der Waals surface area (Å²) in [5.74, 6) is -2.17. The Balaban J connectivity index is 1.36. The Morgan fingerprint density at radius 1 is 1.03 bits per heavy atom. The molecule has 2 aromatic rings. The van der Waals surface area contributed by atoms with Crippen LogP contribution in [0.2, 0.25) is 0 Å². The normalized spacial score (nSPS) is 19.6. The van der Waals surface area contributed by atoms with Crippen molar-refractivity contribution in [2.75, 3.05) is 16.8 Å². The fourth-order valence-corrected chi connectivity index (χ4v) is 4.44. The zero-order valence-electron chi connectivity index (χ0n) is 17.3. The van der Waals surface area contributed by atoms with Crippen molar-refractivity contribution >= 4 is 51.0 Å². The Bertz CT molecular complexity index is 1100. The molecule has 0 unspecified atom stereocenters. The van der Waals surface area contributed by atoms with Gasteiger partial charge in [0.05, 0.1) is 23.1 Å². The molecule has 4 rings (SSSR count). The van der Waals surface area contributed by atoms with Gasteiger partial charge in [-0.3, -0.25) is 19.3 Å². The van der Waals surface area contributed by atoms with Crippen molar-refractivity contribution < 1.29 is 23.9 Å². The Labute approximate surface area is 193 Å². The van der Waals surface area contributed by atoms with Crippen molar-refractivity contribution in [1.29, 1.82) is 0 Å². The first-order chi connectivity index (χ1) is 15.3. The van der Waals surface area contributed by atoms with Crippen LogP contribution >= 0.6 is 15.9 Å². The van der Waals surface area contributed by atoms with Crippen LogP contribution in [0.5, 0.6) is 0 Å². The Morgan fingerprint density at radius 2 is 1.66 bits per heavy atom. The number of allylic oxidation sites excluding steroid dienone is 2. The van der Waals surface area contributed by atoms with E-state index in [1.165, 1.54) is 17.0 Å². The largest absolute Gasteiger partial charge is 0.452 e. The molecule has 0 radical (unpaired) electrons. The van der Waals surface area contributed by atoms with Crippen LogP contribution in [0.1, 0.15) is 28.8 Å². The number of esters is 1. The molecule has 32 heavy (non-hydrogen) atoms. The van der Waals surface area contributed by atoms with Crippen molar-refractivity contribution in [1.82, 2.24) is 0 Å². The third-order valence-corrected chi connectivity index (χ3v) is 6.16. The molecule has 1 fully saturated rings. The molecule has 1 aliphatic heterocycles. The van der Waals surface area contributed by atoms with E-state index in [9.17, 15) is 19.2 Å². The van der Waals surface area contributed by atoms with Crippen LogP contribution in [-0.2, 0) is 19.1 Å². The molecule has 0 saturated carbocycles. The predicted molar refractivity (Wildman–Crippen MR) is 122 cm³/mol. The third-order valence-electron chi connectivity index (χ3n) is 5.67. The average Bonchev–Trinajstić information content (AvgIpc) is 3.04. The molecule has 1 aliphatic carbocycles. The lowest BCUT2D eigenvalue weighted by atomic mass is 9.85. The van der Waals surface area contributed by atoms with Gasteiger partial charge in [0.25, 0.3) is 5.91 Å². The molecule has 0 bridgehead atoms. The van der Waals surface area contributed by atoms with E-state index < -0.39 is 18.5 Å². The number of hydrogen-bond donors (Lipinski definition) is 1. The fourth-order valence-electron chi connectivity index (χ4n) is 3.97. The molecule has 164 valence electrons. The zero-order valence-corrected chi connectivity index (χ0v) is 18.9. The second-order valence-electron chi connectivity index (χ2n) is 7.80. The van der Waals surface area contributed by atoms with E-state index in [0.717, 1.165) is 10.0 Å². The summed E-state index contributed by atoms with van der Waals surface area (Å²) < 4.78 is 5.99. The van der Waals surface area contributed by atoms with Crippen LogP contribution in [0.25, 0.3) is 0 Å². The van der Waals surface area contributed by atoms with Crippen molar-refractivity contribution in [3.05, 3.63) is 70.2 Å². The number of anilines is 2. The van der Waals surface area contributed by atoms with Gasteiger partial charge >= 0.3 is 5.97 Å². The summed E-state index contributed by atoms with van der Waals surface area (Å²) in [6.45, 7) is 1.42. The lowest BCUT2D eigenvalue weighted by Gasteiger charge is -2.15. The predicted octanol–water partition coefficient (Wildman–Crippen LogP) is 4.01.